The van der Waals surface area contributed by atoms with Crippen LogP contribution in [0.5, 0.6) is 0 Å². The molecule has 1 N–H and O–H groups in total. The number of hydrogen-bond donors (Lipinski definition) is 1. The summed E-state index contributed by atoms with van der Waals surface area (Å²) in [4.78, 5) is 4.79. The molecule has 1 atom stereocenters. The third-order valence-electron chi connectivity index (χ3n) is 5.36. The zero-order chi connectivity index (χ0) is 17.5. The van der Waals surface area contributed by atoms with Gasteiger partial charge in [-0.25, -0.2) is 4.98 Å². The summed E-state index contributed by atoms with van der Waals surface area (Å²) in [5.74, 6) is 0.347. The molecule has 0 saturated heterocycles. The standard InChI is InChI=1S/C23H19NOS/c25-14-15(13-22-24-20-11-5-6-12-21(20)26-22)23-18-9-3-1-7-16(18)17-8-2-4-10-19(17)23/h1-12,15,23,25H,13-14H2/t15-/m1/s1. The molecule has 4 aromatic rings. The highest BCUT2D eigenvalue weighted by Crippen LogP contribution is 2.48. The van der Waals surface area contributed by atoms with Crippen LogP contribution in [0.1, 0.15) is 22.1 Å². The van der Waals surface area contributed by atoms with Gasteiger partial charge in [0.1, 0.15) is 0 Å². The van der Waals surface area contributed by atoms with Crippen molar-refractivity contribution in [2.24, 2.45) is 5.92 Å². The molecule has 0 fully saturated rings. The predicted octanol–water partition coefficient (Wildman–Crippen LogP) is 5.26. The molecule has 1 aliphatic rings. The summed E-state index contributed by atoms with van der Waals surface area (Å²) in [6.07, 6.45) is 0.795. The Morgan fingerprint density at radius 3 is 2.12 bits per heavy atom. The summed E-state index contributed by atoms with van der Waals surface area (Å²) in [5.41, 5.74) is 6.31. The predicted molar refractivity (Wildman–Crippen MR) is 108 cm³/mol. The summed E-state index contributed by atoms with van der Waals surface area (Å²) in [6, 6.07) is 25.5. The summed E-state index contributed by atoms with van der Waals surface area (Å²) >= 11 is 1.74. The molecule has 0 aliphatic heterocycles. The quantitative estimate of drug-likeness (QED) is 0.540. The molecule has 0 saturated carbocycles. The van der Waals surface area contributed by atoms with Gasteiger partial charge >= 0.3 is 0 Å². The monoisotopic (exact) mass is 357 g/mol. The Balaban J connectivity index is 1.56. The van der Waals surface area contributed by atoms with E-state index >= 15 is 0 Å². The van der Waals surface area contributed by atoms with Crippen molar-refractivity contribution in [3.05, 3.63) is 88.9 Å². The third-order valence-corrected chi connectivity index (χ3v) is 6.42. The Kier molecular flexibility index (Phi) is 3.84. The van der Waals surface area contributed by atoms with E-state index in [4.69, 9.17) is 4.98 Å². The van der Waals surface area contributed by atoms with Crippen LogP contribution < -0.4 is 0 Å². The number of para-hydroxylation sites is 1. The van der Waals surface area contributed by atoms with Crippen molar-refractivity contribution in [2.45, 2.75) is 12.3 Å². The van der Waals surface area contributed by atoms with E-state index in [9.17, 15) is 5.11 Å². The van der Waals surface area contributed by atoms with E-state index in [1.165, 1.54) is 27.0 Å². The fourth-order valence-electron chi connectivity index (χ4n) is 4.22. The van der Waals surface area contributed by atoms with Crippen molar-refractivity contribution in [2.75, 3.05) is 6.61 Å². The van der Waals surface area contributed by atoms with Gasteiger partial charge in [0, 0.05) is 18.9 Å². The van der Waals surface area contributed by atoms with E-state index in [-0.39, 0.29) is 18.4 Å². The second kappa shape index (κ2) is 6.35. The lowest BCUT2D eigenvalue weighted by Gasteiger charge is -2.23. The van der Waals surface area contributed by atoms with Crippen LogP contribution in [0, 0.1) is 5.92 Å². The first-order valence-corrected chi connectivity index (χ1v) is 9.80. The molecule has 0 spiro atoms. The van der Waals surface area contributed by atoms with Crippen LogP contribution in [0.25, 0.3) is 21.3 Å². The van der Waals surface area contributed by atoms with Crippen molar-refractivity contribution in [1.82, 2.24) is 4.98 Å². The molecule has 2 nitrogen and oxygen atoms in total. The van der Waals surface area contributed by atoms with Crippen molar-refractivity contribution in [3.8, 4) is 11.1 Å². The van der Waals surface area contributed by atoms with Gasteiger partial charge in [-0.2, -0.15) is 0 Å². The molecule has 0 bridgehead atoms. The van der Waals surface area contributed by atoms with Gasteiger partial charge < -0.3 is 5.11 Å². The van der Waals surface area contributed by atoms with E-state index in [1.807, 2.05) is 6.07 Å². The van der Waals surface area contributed by atoms with Crippen LogP contribution in [0.15, 0.2) is 72.8 Å². The minimum Gasteiger partial charge on any atom is -0.396 e. The van der Waals surface area contributed by atoms with E-state index in [0.717, 1.165) is 16.9 Å². The van der Waals surface area contributed by atoms with Crippen molar-refractivity contribution in [1.29, 1.82) is 0 Å². The molecule has 5 rings (SSSR count). The highest BCUT2D eigenvalue weighted by Gasteiger charge is 2.34. The number of thiazole rings is 1. The largest absolute Gasteiger partial charge is 0.396 e. The molecule has 0 unspecified atom stereocenters. The maximum atomic E-state index is 10.3. The molecule has 128 valence electrons. The first-order valence-electron chi connectivity index (χ1n) is 8.98. The van der Waals surface area contributed by atoms with Crippen molar-refractivity contribution < 1.29 is 5.11 Å². The van der Waals surface area contributed by atoms with Gasteiger partial charge in [0.05, 0.1) is 15.2 Å². The first kappa shape index (κ1) is 15.7. The number of hydrogen-bond acceptors (Lipinski definition) is 3. The molecule has 1 aliphatic carbocycles. The van der Waals surface area contributed by atoms with Crippen molar-refractivity contribution >= 4 is 21.6 Å². The fourth-order valence-corrected chi connectivity index (χ4v) is 5.28. The number of aliphatic hydroxyl groups is 1. The zero-order valence-electron chi connectivity index (χ0n) is 14.3. The summed E-state index contributed by atoms with van der Waals surface area (Å²) in [6.45, 7) is 0.156. The highest BCUT2D eigenvalue weighted by atomic mass is 32.1. The second-order valence-corrected chi connectivity index (χ2v) is 7.99. The maximum Gasteiger partial charge on any atom is 0.0942 e. The number of nitrogens with zero attached hydrogens (tertiary/aromatic N) is 1. The summed E-state index contributed by atoms with van der Waals surface area (Å²) < 4.78 is 1.21. The molecule has 1 heterocycles. The normalized spacial score (nSPS) is 14.3. The topological polar surface area (TPSA) is 33.1 Å². The van der Waals surface area contributed by atoms with Gasteiger partial charge in [-0.05, 0) is 40.3 Å². The third kappa shape index (κ3) is 2.47. The molecule has 3 heteroatoms. The molecule has 1 aromatic heterocycles. The number of rotatable bonds is 4. The minimum atomic E-state index is 0.125. The number of fused-ring (bicyclic) bond motifs is 4. The summed E-state index contributed by atoms with van der Waals surface area (Å²) in [5, 5.41) is 11.4. The van der Waals surface area contributed by atoms with Gasteiger partial charge in [-0.3, -0.25) is 0 Å². The van der Waals surface area contributed by atoms with Gasteiger partial charge in [0.2, 0.25) is 0 Å². The summed E-state index contributed by atoms with van der Waals surface area (Å²) in [7, 11) is 0. The van der Waals surface area contributed by atoms with Crippen LogP contribution in [0.3, 0.4) is 0 Å². The Morgan fingerprint density at radius 1 is 0.846 bits per heavy atom. The molecule has 0 amide bonds. The van der Waals surface area contributed by atoms with Crippen LogP contribution in [0.4, 0.5) is 0 Å². The van der Waals surface area contributed by atoms with Crippen LogP contribution in [-0.4, -0.2) is 16.7 Å². The molecule has 26 heavy (non-hydrogen) atoms. The number of aliphatic hydroxyl groups excluding tert-OH is 1. The molecular formula is C23H19NOS. The molecule has 0 radical (unpaired) electrons. The van der Waals surface area contributed by atoms with E-state index < -0.39 is 0 Å². The zero-order valence-corrected chi connectivity index (χ0v) is 15.1. The average Bonchev–Trinajstić information content (AvgIpc) is 3.25. The van der Waals surface area contributed by atoms with E-state index in [0.29, 0.717) is 0 Å². The highest BCUT2D eigenvalue weighted by molar-refractivity contribution is 7.18. The van der Waals surface area contributed by atoms with Crippen LogP contribution in [-0.2, 0) is 6.42 Å². The second-order valence-electron chi connectivity index (χ2n) is 6.87. The lowest BCUT2D eigenvalue weighted by atomic mass is 9.83. The first-order chi connectivity index (χ1) is 12.8. The minimum absolute atomic E-state index is 0.125. The van der Waals surface area contributed by atoms with Crippen LogP contribution >= 0.6 is 11.3 Å². The number of benzene rings is 3. The number of aromatic nitrogens is 1. The van der Waals surface area contributed by atoms with Crippen LogP contribution in [0.2, 0.25) is 0 Å². The Hall–Kier alpha value is -2.49. The van der Waals surface area contributed by atoms with E-state index in [2.05, 4.69) is 66.7 Å². The maximum absolute atomic E-state index is 10.3. The Morgan fingerprint density at radius 2 is 1.46 bits per heavy atom. The molecule has 3 aromatic carbocycles. The van der Waals surface area contributed by atoms with E-state index in [1.54, 1.807) is 11.3 Å². The lowest BCUT2D eigenvalue weighted by Crippen LogP contribution is -2.19. The SMILES string of the molecule is OC[C@@H](Cc1nc2ccccc2s1)C1c2ccccc2-c2ccccc21. The lowest BCUT2D eigenvalue weighted by molar-refractivity contribution is 0.213. The van der Waals surface area contributed by atoms with Gasteiger partial charge in [0.25, 0.3) is 0 Å². The smallest absolute Gasteiger partial charge is 0.0942 e. The van der Waals surface area contributed by atoms with Gasteiger partial charge in [-0.1, -0.05) is 60.7 Å². The van der Waals surface area contributed by atoms with Gasteiger partial charge in [0.15, 0.2) is 0 Å². The van der Waals surface area contributed by atoms with Crippen molar-refractivity contribution in [3.63, 3.8) is 0 Å². The Labute approximate surface area is 156 Å². The fraction of sp³-hybridized carbons (Fsp3) is 0.174. The average molecular weight is 357 g/mol. The Bertz CT molecular complexity index is 1010. The molecular weight excluding hydrogens is 338 g/mol. The van der Waals surface area contributed by atoms with Gasteiger partial charge in [-0.15, -0.1) is 11.3 Å².